The molecule has 0 saturated carbocycles. The summed E-state index contributed by atoms with van der Waals surface area (Å²) >= 11 is -2.38. The number of hydrogen-bond acceptors (Lipinski definition) is 2. The number of nitrogens with zero attached hydrogens (tertiary/aromatic N) is 2. The molecule has 3 heteroatoms. The first-order valence-corrected chi connectivity index (χ1v) is 17.6. The van der Waals surface area contributed by atoms with Crippen molar-refractivity contribution < 1.29 is 0 Å². The molecule has 2 rings (SSSR count). The van der Waals surface area contributed by atoms with Crippen molar-refractivity contribution in [2.45, 2.75) is 72.6 Å². The molecular weight excluding hydrogens is 411 g/mol. The first kappa shape index (κ1) is 20.4. The second-order valence-corrected chi connectivity index (χ2v) is 20.3. The van der Waals surface area contributed by atoms with Gasteiger partial charge in [0.1, 0.15) is 0 Å². The van der Waals surface area contributed by atoms with E-state index in [2.05, 4.69) is 50.2 Å². The van der Waals surface area contributed by atoms with Crippen molar-refractivity contribution in [3.63, 3.8) is 0 Å². The average Bonchev–Trinajstić information content (AvgIpc) is 2.68. The second kappa shape index (κ2) is 10.9. The van der Waals surface area contributed by atoms with Gasteiger partial charge in [-0.2, -0.15) is 0 Å². The van der Waals surface area contributed by atoms with Crippen LogP contribution in [0.2, 0.25) is 13.3 Å². The predicted molar refractivity (Wildman–Crippen MR) is 112 cm³/mol. The second-order valence-electron chi connectivity index (χ2n) is 7.24. The molecular formula is C22H34N2Sn. The molecule has 2 heterocycles. The van der Waals surface area contributed by atoms with E-state index in [1.807, 2.05) is 18.3 Å². The maximum atomic E-state index is 5.04. The molecule has 0 spiro atoms. The molecule has 2 aromatic heterocycles. The van der Waals surface area contributed by atoms with Crippen molar-refractivity contribution in [2.24, 2.45) is 0 Å². The Kier molecular flexibility index (Phi) is 8.94. The Hall–Kier alpha value is -0.901. The number of hydrogen-bond donors (Lipinski definition) is 0. The maximum absolute atomic E-state index is 5.04. The molecule has 0 saturated heterocycles. The summed E-state index contributed by atoms with van der Waals surface area (Å²) < 4.78 is 5.92. The fourth-order valence-electron chi connectivity index (χ4n) is 3.70. The summed E-state index contributed by atoms with van der Waals surface area (Å²) in [5.74, 6) is 0. The van der Waals surface area contributed by atoms with Crippen molar-refractivity contribution in [3.05, 3.63) is 42.7 Å². The van der Waals surface area contributed by atoms with Crippen LogP contribution in [0.4, 0.5) is 0 Å². The van der Waals surface area contributed by atoms with Gasteiger partial charge in [0.05, 0.1) is 0 Å². The molecule has 2 aromatic rings. The van der Waals surface area contributed by atoms with Gasteiger partial charge >= 0.3 is 159 Å². The predicted octanol–water partition coefficient (Wildman–Crippen LogP) is 6.20. The van der Waals surface area contributed by atoms with Gasteiger partial charge in [0.25, 0.3) is 0 Å². The molecule has 0 atom stereocenters. The molecule has 0 bridgehead atoms. The Morgan fingerprint density at radius 3 is 1.84 bits per heavy atom. The van der Waals surface area contributed by atoms with E-state index in [0.717, 1.165) is 11.3 Å². The summed E-state index contributed by atoms with van der Waals surface area (Å²) in [7, 11) is 0. The van der Waals surface area contributed by atoms with Gasteiger partial charge in [-0.15, -0.1) is 0 Å². The number of aromatic nitrogens is 2. The normalized spacial score (nSPS) is 11.6. The van der Waals surface area contributed by atoms with E-state index < -0.39 is 18.4 Å². The van der Waals surface area contributed by atoms with Crippen LogP contribution in [0, 0.1) is 0 Å². The Morgan fingerprint density at radius 1 is 0.760 bits per heavy atom. The summed E-state index contributed by atoms with van der Waals surface area (Å²) in [4.78, 5) is 9.51. The fourth-order valence-corrected chi connectivity index (χ4v) is 19.1. The molecule has 0 unspecified atom stereocenters. The van der Waals surface area contributed by atoms with Gasteiger partial charge in [-0.25, -0.2) is 0 Å². The molecule has 0 N–H and O–H groups in total. The number of unbranched alkanes of at least 4 members (excludes halogenated alkanes) is 3. The molecule has 0 amide bonds. The fraction of sp³-hybridized carbons (Fsp3) is 0.545. The van der Waals surface area contributed by atoms with Crippen LogP contribution in [-0.4, -0.2) is 28.3 Å². The van der Waals surface area contributed by atoms with Crippen molar-refractivity contribution in [3.8, 4) is 11.3 Å². The van der Waals surface area contributed by atoms with Crippen LogP contribution >= 0.6 is 0 Å². The van der Waals surface area contributed by atoms with E-state index in [9.17, 15) is 0 Å². The molecule has 0 aromatic carbocycles. The summed E-state index contributed by atoms with van der Waals surface area (Å²) in [5.41, 5.74) is 2.17. The standard InChI is InChI=1S/C10H7N2.3C4H9.Sn/c1-2-7-12-10(5-1)9-4-3-6-11-8-9;3*1-3-4-2;/h1-5,7-8H;3*1,3-4H2,2H3;. The van der Waals surface area contributed by atoms with Crippen molar-refractivity contribution in [1.29, 1.82) is 0 Å². The monoisotopic (exact) mass is 446 g/mol. The first-order valence-electron chi connectivity index (χ1n) is 10.1. The van der Waals surface area contributed by atoms with Crippen molar-refractivity contribution >= 4 is 22.1 Å². The topological polar surface area (TPSA) is 25.8 Å². The molecule has 0 aliphatic heterocycles. The average molecular weight is 445 g/mol. The van der Waals surface area contributed by atoms with Gasteiger partial charge in [-0.3, -0.25) is 0 Å². The number of pyridine rings is 2. The van der Waals surface area contributed by atoms with Gasteiger partial charge in [-0.05, 0) is 0 Å². The third kappa shape index (κ3) is 5.80. The molecule has 0 fully saturated rings. The Labute approximate surface area is 158 Å². The first-order chi connectivity index (χ1) is 12.3. The van der Waals surface area contributed by atoms with E-state index in [1.54, 1.807) is 0 Å². The van der Waals surface area contributed by atoms with Gasteiger partial charge in [-0.1, -0.05) is 0 Å². The number of rotatable bonds is 11. The third-order valence-electron chi connectivity index (χ3n) is 5.29. The zero-order chi connectivity index (χ0) is 18.0. The minimum absolute atomic E-state index is 1.03. The summed E-state index contributed by atoms with van der Waals surface area (Å²) in [6.45, 7) is 6.98. The van der Waals surface area contributed by atoms with Gasteiger partial charge in [0, 0.05) is 0 Å². The van der Waals surface area contributed by atoms with E-state index in [4.69, 9.17) is 4.98 Å². The summed E-state index contributed by atoms with van der Waals surface area (Å²) in [6, 6.07) is 10.7. The van der Waals surface area contributed by atoms with Crippen molar-refractivity contribution in [1.82, 2.24) is 9.97 Å². The van der Waals surface area contributed by atoms with E-state index in [-0.39, 0.29) is 0 Å². The zero-order valence-corrected chi connectivity index (χ0v) is 19.2. The van der Waals surface area contributed by atoms with Gasteiger partial charge in [0.2, 0.25) is 0 Å². The van der Waals surface area contributed by atoms with E-state index in [0.29, 0.717) is 0 Å². The van der Waals surface area contributed by atoms with E-state index >= 15 is 0 Å². The SMILES string of the molecule is CCC[CH2][Sn]([CH2]CCC)([CH2]CCC)[c]1ccc(-c2ccccn2)cn1. The van der Waals surface area contributed by atoms with Crippen LogP contribution in [0.1, 0.15) is 59.3 Å². The van der Waals surface area contributed by atoms with Crippen LogP contribution in [0.5, 0.6) is 0 Å². The van der Waals surface area contributed by atoms with Crippen molar-refractivity contribution in [2.75, 3.05) is 0 Å². The quantitative estimate of drug-likeness (QED) is 0.385. The molecule has 0 aliphatic rings. The molecule has 136 valence electrons. The molecule has 25 heavy (non-hydrogen) atoms. The van der Waals surface area contributed by atoms with Crippen LogP contribution in [0.15, 0.2) is 42.7 Å². The molecule has 0 aliphatic carbocycles. The van der Waals surface area contributed by atoms with Crippen LogP contribution < -0.4 is 3.71 Å². The van der Waals surface area contributed by atoms with Crippen LogP contribution in [-0.2, 0) is 0 Å². The minimum atomic E-state index is -2.38. The Morgan fingerprint density at radius 2 is 1.40 bits per heavy atom. The summed E-state index contributed by atoms with van der Waals surface area (Å²) in [5, 5.41) is 0. The van der Waals surface area contributed by atoms with E-state index in [1.165, 1.54) is 55.5 Å². The van der Waals surface area contributed by atoms with Crippen LogP contribution in [0.25, 0.3) is 11.3 Å². The zero-order valence-electron chi connectivity index (χ0n) is 16.3. The van der Waals surface area contributed by atoms with Gasteiger partial charge in [0.15, 0.2) is 0 Å². The van der Waals surface area contributed by atoms with Gasteiger partial charge < -0.3 is 0 Å². The van der Waals surface area contributed by atoms with Crippen LogP contribution in [0.3, 0.4) is 0 Å². The summed E-state index contributed by atoms with van der Waals surface area (Å²) in [6.07, 6.45) is 12.0. The molecule has 0 radical (unpaired) electrons. The Balaban J connectivity index is 2.30. The third-order valence-corrected chi connectivity index (χ3v) is 20.5. The molecule has 2 nitrogen and oxygen atoms in total. The Bertz CT molecular complexity index is 573.